The Bertz CT molecular complexity index is 597. The third kappa shape index (κ3) is 2.53. The van der Waals surface area contributed by atoms with Gasteiger partial charge in [-0.05, 0) is 19.4 Å². The molecule has 1 saturated heterocycles. The molecule has 2 N–H and O–H groups in total. The molecule has 1 aliphatic heterocycles. The zero-order chi connectivity index (χ0) is 13.9. The molecule has 1 fully saturated rings. The SMILES string of the molecule is NC(=O)CN1CCCC1c1cncc(-n2ccnc2)n1. The molecule has 0 aliphatic carbocycles. The third-order valence-corrected chi connectivity index (χ3v) is 3.47. The van der Waals surface area contributed by atoms with Crippen LogP contribution in [0.25, 0.3) is 5.82 Å². The van der Waals surface area contributed by atoms with E-state index in [4.69, 9.17) is 5.73 Å². The monoisotopic (exact) mass is 272 g/mol. The molecule has 2 aromatic heterocycles. The summed E-state index contributed by atoms with van der Waals surface area (Å²) in [5, 5.41) is 0. The highest BCUT2D eigenvalue weighted by Gasteiger charge is 2.28. The maximum Gasteiger partial charge on any atom is 0.231 e. The average Bonchev–Trinajstić information content (AvgIpc) is 3.09. The van der Waals surface area contributed by atoms with Crippen molar-refractivity contribution in [3.63, 3.8) is 0 Å². The van der Waals surface area contributed by atoms with Gasteiger partial charge in [0.15, 0.2) is 5.82 Å². The minimum Gasteiger partial charge on any atom is -0.369 e. The zero-order valence-electron chi connectivity index (χ0n) is 11.0. The second-order valence-corrected chi connectivity index (χ2v) is 4.87. The van der Waals surface area contributed by atoms with Gasteiger partial charge >= 0.3 is 0 Å². The first-order valence-corrected chi connectivity index (χ1v) is 6.56. The summed E-state index contributed by atoms with van der Waals surface area (Å²) in [6.07, 6.45) is 10.7. The third-order valence-electron chi connectivity index (χ3n) is 3.47. The second-order valence-electron chi connectivity index (χ2n) is 4.87. The first-order valence-electron chi connectivity index (χ1n) is 6.56. The predicted octanol–water partition coefficient (Wildman–Crippen LogP) is 0.284. The van der Waals surface area contributed by atoms with Gasteiger partial charge in [0.1, 0.15) is 6.33 Å². The van der Waals surface area contributed by atoms with E-state index in [1.165, 1.54) is 0 Å². The van der Waals surface area contributed by atoms with Gasteiger partial charge in [0.2, 0.25) is 5.91 Å². The molecule has 20 heavy (non-hydrogen) atoms. The van der Waals surface area contributed by atoms with E-state index in [0.717, 1.165) is 30.9 Å². The molecule has 0 bridgehead atoms. The number of amides is 1. The predicted molar refractivity (Wildman–Crippen MR) is 71.9 cm³/mol. The summed E-state index contributed by atoms with van der Waals surface area (Å²) in [6.45, 7) is 1.13. The topological polar surface area (TPSA) is 89.9 Å². The molecule has 0 radical (unpaired) electrons. The van der Waals surface area contributed by atoms with E-state index < -0.39 is 0 Å². The van der Waals surface area contributed by atoms with Crippen molar-refractivity contribution in [1.29, 1.82) is 0 Å². The highest BCUT2D eigenvalue weighted by atomic mass is 16.1. The summed E-state index contributed by atoms with van der Waals surface area (Å²) in [7, 11) is 0. The number of carbonyl (C=O) groups excluding carboxylic acids is 1. The molecule has 104 valence electrons. The Kier molecular flexibility index (Phi) is 3.42. The van der Waals surface area contributed by atoms with E-state index in [-0.39, 0.29) is 18.5 Å². The van der Waals surface area contributed by atoms with Crippen LogP contribution in [0.1, 0.15) is 24.6 Å². The Morgan fingerprint density at radius 1 is 1.40 bits per heavy atom. The van der Waals surface area contributed by atoms with E-state index >= 15 is 0 Å². The molecule has 1 unspecified atom stereocenters. The lowest BCUT2D eigenvalue weighted by molar-refractivity contribution is -0.119. The van der Waals surface area contributed by atoms with Gasteiger partial charge in [0.25, 0.3) is 0 Å². The normalized spacial score (nSPS) is 19.3. The molecular weight excluding hydrogens is 256 g/mol. The summed E-state index contributed by atoms with van der Waals surface area (Å²) >= 11 is 0. The minimum absolute atomic E-state index is 0.110. The molecule has 3 rings (SSSR count). The van der Waals surface area contributed by atoms with Crippen LogP contribution in [0.4, 0.5) is 0 Å². The minimum atomic E-state index is -0.310. The van der Waals surface area contributed by atoms with Crippen molar-refractivity contribution < 1.29 is 4.79 Å². The first-order chi connectivity index (χ1) is 9.74. The number of likely N-dealkylation sites (tertiary alicyclic amines) is 1. The molecule has 1 atom stereocenters. The molecule has 7 nitrogen and oxygen atoms in total. The number of imidazole rings is 1. The summed E-state index contributed by atoms with van der Waals surface area (Å²) in [5.41, 5.74) is 6.16. The van der Waals surface area contributed by atoms with Gasteiger partial charge in [0.05, 0.1) is 30.7 Å². The molecule has 7 heteroatoms. The second kappa shape index (κ2) is 5.38. The van der Waals surface area contributed by atoms with Gasteiger partial charge in [-0.3, -0.25) is 19.2 Å². The van der Waals surface area contributed by atoms with E-state index in [9.17, 15) is 4.79 Å². The standard InChI is InChI=1S/C13H16N6O/c14-12(20)8-18-4-1-2-11(18)10-6-16-7-13(17-10)19-5-3-15-9-19/h3,5-7,9,11H,1-2,4,8H2,(H2,14,20). The van der Waals surface area contributed by atoms with Crippen LogP contribution in [0.3, 0.4) is 0 Å². The maximum atomic E-state index is 11.1. The van der Waals surface area contributed by atoms with Gasteiger partial charge in [-0.2, -0.15) is 0 Å². The average molecular weight is 272 g/mol. The van der Waals surface area contributed by atoms with Crippen molar-refractivity contribution >= 4 is 5.91 Å². The molecule has 2 aromatic rings. The van der Waals surface area contributed by atoms with Gasteiger partial charge in [-0.15, -0.1) is 0 Å². The Morgan fingerprint density at radius 3 is 3.05 bits per heavy atom. The molecule has 0 saturated carbocycles. The molecule has 0 spiro atoms. The van der Waals surface area contributed by atoms with Crippen LogP contribution in [0.5, 0.6) is 0 Å². The molecule has 1 amide bonds. The number of carbonyl (C=O) groups is 1. The fourth-order valence-corrected chi connectivity index (χ4v) is 2.60. The van der Waals surface area contributed by atoms with Crippen molar-refractivity contribution in [2.24, 2.45) is 5.73 Å². The first kappa shape index (κ1) is 12.7. The molecule has 1 aliphatic rings. The van der Waals surface area contributed by atoms with Crippen LogP contribution in [0.15, 0.2) is 31.1 Å². The van der Waals surface area contributed by atoms with E-state index in [0.29, 0.717) is 0 Å². The number of rotatable bonds is 4. The van der Waals surface area contributed by atoms with E-state index in [1.807, 2.05) is 10.8 Å². The maximum absolute atomic E-state index is 11.1. The van der Waals surface area contributed by atoms with Crippen molar-refractivity contribution in [2.75, 3.05) is 13.1 Å². The van der Waals surface area contributed by atoms with Crippen LogP contribution in [0, 0.1) is 0 Å². The Hall–Kier alpha value is -2.28. The highest BCUT2D eigenvalue weighted by Crippen LogP contribution is 2.30. The van der Waals surface area contributed by atoms with Crippen LogP contribution >= 0.6 is 0 Å². The lowest BCUT2D eigenvalue weighted by Gasteiger charge is -2.22. The van der Waals surface area contributed by atoms with Crippen LogP contribution < -0.4 is 5.73 Å². The lowest BCUT2D eigenvalue weighted by atomic mass is 10.1. The molecule has 3 heterocycles. The number of hydrogen-bond acceptors (Lipinski definition) is 5. The Labute approximate surface area is 116 Å². The summed E-state index contributed by atoms with van der Waals surface area (Å²) in [6, 6.07) is 0.110. The number of nitrogens with zero attached hydrogens (tertiary/aromatic N) is 5. The summed E-state index contributed by atoms with van der Waals surface area (Å²) in [4.78, 5) is 26.0. The van der Waals surface area contributed by atoms with Gasteiger partial charge in [-0.25, -0.2) is 9.97 Å². The van der Waals surface area contributed by atoms with Crippen molar-refractivity contribution in [1.82, 2.24) is 24.4 Å². The van der Waals surface area contributed by atoms with Crippen LogP contribution in [0.2, 0.25) is 0 Å². The molecule has 0 aromatic carbocycles. The van der Waals surface area contributed by atoms with Gasteiger partial charge < -0.3 is 5.73 Å². The van der Waals surface area contributed by atoms with E-state index in [1.54, 1.807) is 24.9 Å². The summed E-state index contributed by atoms with van der Waals surface area (Å²) < 4.78 is 1.81. The van der Waals surface area contributed by atoms with Crippen molar-refractivity contribution in [3.8, 4) is 5.82 Å². The van der Waals surface area contributed by atoms with E-state index in [2.05, 4.69) is 19.9 Å². The number of aromatic nitrogens is 4. The Morgan fingerprint density at radius 2 is 2.30 bits per heavy atom. The fraction of sp³-hybridized carbons (Fsp3) is 0.385. The van der Waals surface area contributed by atoms with Crippen LogP contribution in [-0.2, 0) is 4.79 Å². The molecular formula is C13H16N6O. The summed E-state index contributed by atoms with van der Waals surface area (Å²) in [5.74, 6) is 0.418. The number of primary amides is 1. The number of hydrogen-bond donors (Lipinski definition) is 1. The smallest absolute Gasteiger partial charge is 0.231 e. The zero-order valence-corrected chi connectivity index (χ0v) is 11.0. The number of nitrogens with two attached hydrogens (primary N) is 1. The highest BCUT2D eigenvalue weighted by molar-refractivity contribution is 5.76. The van der Waals surface area contributed by atoms with Crippen molar-refractivity contribution in [3.05, 3.63) is 36.8 Å². The van der Waals surface area contributed by atoms with Gasteiger partial charge in [0, 0.05) is 12.4 Å². The lowest BCUT2D eigenvalue weighted by Crippen LogP contribution is -2.33. The largest absolute Gasteiger partial charge is 0.369 e. The Balaban J connectivity index is 1.86. The van der Waals surface area contributed by atoms with Crippen molar-refractivity contribution in [2.45, 2.75) is 18.9 Å². The fourth-order valence-electron chi connectivity index (χ4n) is 2.60. The van der Waals surface area contributed by atoms with Crippen LogP contribution in [-0.4, -0.2) is 43.4 Å². The quantitative estimate of drug-likeness (QED) is 0.863. The van der Waals surface area contributed by atoms with Gasteiger partial charge in [-0.1, -0.05) is 0 Å².